The number of phenolic OH excluding ortho intramolecular Hbond substituents is 1. The van der Waals surface area contributed by atoms with E-state index in [9.17, 15) is 30.1 Å². The summed E-state index contributed by atoms with van der Waals surface area (Å²) in [4.78, 5) is 30.9. The van der Waals surface area contributed by atoms with Gasteiger partial charge in [0.25, 0.3) is 11.7 Å². The van der Waals surface area contributed by atoms with E-state index < -0.39 is 38.9 Å². The number of hydroxylamine groups is 1. The number of carbonyl (C=O) groups excluding carboxylic acids is 1. The summed E-state index contributed by atoms with van der Waals surface area (Å²) in [5, 5.41) is 42.1. The Morgan fingerprint density at radius 3 is 2.10 bits per heavy atom. The van der Waals surface area contributed by atoms with E-state index in [0.717, 1.165) is 12.1 Å². The summed E-state index contributed by atoms with van der Waals surface area (Å²) >= 11 is 0. The number of nitro benzene ring substituents is 2. The van der Waals surface area contributed by atoms with E-state index in [2.05, 4.69) is 5.32 Å². The van der Waals surface area contributed by atoms with Crippen LogP contribution in [0.5, 0.6) is 5.75 Å². The third kappa shape index (κ3) is 3.61. The Morgan fingerprint density at radius 2 is 1.76 bits per heavy atom. The normalized spacial score (nSPS) is 11.7. The van der Waals surface area contributed by atoms with Crippen molar-refractivity contribution in [1.82, 2.24) is 10.8 Å². The zero-order valence-corrected chi connectivity index (χ0v) is 10.8. The van der Waals surface area contributed by atoms with Crippen LogP contribution < -0.4 is 10.8 Å². The van der Waals surface area contributed by atoms with Crippen LogP contribution >= 0.6 is 0 Å². The van der Waals surface area contributed by atoms with Gasteiger partial charge in [0, 0.05) is 12.1 Å². The summed E-state index contributed by atoms with van der Waals surface area (Å²) in [5.41, 5.74) is -0.188. The average Bonchev–Trinajstić information content (AvgIpc) is 2.44. The van der Waals surface area contributed by atoms with Crippen LogP contribution in [-0.2, 0) is 11.2 Å². The first kappa shape index (κ1) is 16.3. The highest BCUT2D eigenvalue weighted by atomic mass is 16.6. The second-order valence-electron chi connectivity index (χ2n) is 4.02. The molecule has 0 aliphatic heterocycles. The van der Waals surface area contributed by atoms with Gasteiger partial charge < -0.3 is 10.4 Å². The highest BCUT2D eigenvalue weighted by Crippen LogP contribution is 2.36. The SMILES string of the molecule is CN[C@@H](Cc1cc([N+](=O)[O-])c(O)c([N+](=O)[O-])c1)C(=O)NO. The van der Waals surface area contributed by atoms with Crippen molar-refractivity contribution in [3.8, 4) is 5.75 Å². The number of phenols is 1. The molecule has 1 rings (SSSR count). The highest BCUT2D eigenvalue weighted by Gasteiger charge is 2.27. The summed E-state index contributed by atoms with van der Waals surface area (Å²) in [7, 11) is 1.41. The zero-order valence-electron chi connectivity index (χ0n) is 10.8. The van der Waals surface area contributed by atoms with E-state index in [1.807, 2.05) is 0 Å². The molecule has 4 N–H and O–H groups in total. The van der Waals surface area contributed by atoms with Gasteiger partial charge >= 0.3 is 11.4 Å². The van der Waals surface area contributed by atoms with Gasteiger partial charge in [-0.05, 0) is 19.0 Å². The average molecular weight is 300 g/mol. The minimum atomic E-state index is -1.05. The van der Waals surface area contributed by atoms with Crippen LogP contribution in [0.4, 0.5) is 11.4 Å². The number of nitro groups is 2. The second-order valence-corrected chi connectivity index (χ2v) is 4.02. The molecule has 0 bridgehead atoms. The Morgan fingerprint density at radius 1 is 1.29 bits per heavy atom. The molecule has 1 aromatic carbocycles. The lowest BCUT2D eigenvalue weighted by Crippen LogP contribution is -2.42. The maximum absolute atomic E-state index is 11.3. The first-order valence-corrected chi connectivity index (χ1v) is 5.57. The maximum Gasteiger partial charge on any atom is 0.318 e. The van der Waals surface area contributed by atoms with E-state index >= 15 is 0 Å². The molecule has 0 aromatic heterocycles. The minimum Gasteiger partial charge on any atom is -0.497 e. The number of carbonyl (C=O) groups is 1. The molecule has 0 aliphatic carbocycles. The molecule has 0 saturated carbocycles. The zero-order chi connectivity index (χ0) is 16.2. The Labute approximate surface area is 117 Å². The highest BCUT2D eigenvalue weighted by molar-refractivity contribution is 5.81. The first-order valence-electron chi connectivity index (χ1n) is 5.57. The van der Waals surface area contributed by atoms with Gasteiger partial charge in [-0.2, -0.15) is 0 Å². The lowest BCUT2D eigenvalue weighted by Gasteiger charge is -2.13. The van der Waals surface area contributed by atoms with Gasteiger partial charge in [0.1, 0.15) is 0 Å². The van der Waals surface area contributed by atoms with Crippen LogP contribution in [0.2, 0.25) is 0 Å². The number of rotatable bonds is 6. The monoisotopic (exact) mass is 300 g/mol. The van der Waals surface area contributed by atoms with E-state index in [1.165, 1.54) is 12.5 Å². The molecule has 11 heteroatoms. The van der Waals surface area contributed by atoms with Crippen LogP contribution in [0.25, 0.3) is 0 Å². The minimum absolute atomic E-state index is 0.0779. The van der Waals surface area contributed by atoms with Gasteiger partial charge in [0.2, 0.25) is 0 Å². The van der Waals surface area contributed by atoms with Crippen LogP contribution in [0.1, 0.15) is 5.56 Å². The lowest BCUT2D eigenvalue weighted by atomic mass is 10.0. The molecule has 11 nitrogen and oxygen atoms in total. The summed E-state index contributed by atoms with van der Waals surface area (Å²) in [6, 6.07) is 0.896. The number of benzene rings is 1. The van der Waals surface area contributed by atoms with Gasteiger partial charge in [-0.15, -0.1) is 0 Å². The van der Waals surface area contributed by atoms with Gasteiger partial charge in [-0.3, -0.25) is 30.2 Å². The third-order valence-electron chi connectivity index (χ3n) is 2.74. The molecule has 0 heterocycles. The van der Waals surface area contributed by atoms with Crippen molar-refractivity contribution in [3.05, 3.63) is 37.9 Å². The molecule has 0 unspecified atom stereocenters. The van der Waals surface area contributed by atoms with E-state index in [-0.39, 0.29) is 12.0 Å². The molecule has 1 aromatic rings. The molecule has 1 atom stereocenters. The fourth-order valence-corrected chi connectivity index (χ4v) is 1.70. The molecule has 0 aliphatic rings. The van der Waals surface area contributed by atoms with Gasteiger partial charge in [0.15, 0.2) is 0 Å². The van der Waals surface area contributed by atoms with Crippen molar-refractivity contribution in [2.45, 2.75) is 12.5 Å². The number of nitrogens with one attached hydrogen (secondary N) is 2. The lowest BCUT2D eigenvalue weighted by molar-refractivity contribution is -0.396. The summed E-state index contributed by atoms with van der Waals surface area (Å²) in [5.74, 6) is -1.86. The summed E-state index contributed by atoms with van der Waals surface area (Å²) in [6.45, 7) is 0. The van der Waals surface area contributed by atoms with Crippen molar-refractivity contribution in [2.24, 2.45) is 0 Å². The van der Waals surface area contributed by atoms with E-state index in [4.69, 9.17) is 5.21 Å². The molecule has 0 spiro atoms. The number of aromatic hydroxyl groups is 1. The Balaban J connectivity index is 3.27. The number of hydrogen-bond acceptors (Lipinski definition) is 8. The molecule has 0 saturated heterocycles. The Hall–Kier alpha value is -2.79. The van der Waals surface area contributed by atoms with Crippen molar-refractivity contribution in [1.29, 1.82) is 0 Å². The second kappa shape index (κ2) is 6.58. The van der Waals surface area contributed by atoms with E-state index in [1.54, 1.807) is 0 Å². The molecule has 0 fully saturated rings. The van der Waals surface area contributed by atoms with E-state index in [0.29, 0.717) is 0 Å². The van der Waals surface area contributed by atoms with Gasteiger partial charge in [-0.1, -0.05) is 0 Å². The van der Waals surface area contributed by atoms with Crippen LogP contribution in [0, 0.1) is 20.2 Å². The predicted octanol–water partition coefficient (Wildman–Crippen LogP) is -0.156. The number of amides is 1. The van der Waals surface area contributed by atoms with Crippen LogP contribution in [0.3, 0.4) is 0 Å². The third-order valence-corrected chi connectivity index (χ3v) is 2.74. The number of likely N-dealkylation sites (N-methyl/N-ethyl adjacent to an activating group) is 1. The van der Waals surface area contributed by atoms with Crippen LogP contribution in [0.15, 0.2) is 12.1 Å². The summed E-state index contributed by atoms with van der Waals surface area (Å²) in [6.07, 6.45) is -0.162. The first-order chi connectivity index (χ1) is 9.81. The number of nitrogens with zero attached hydrogens (tertiary/aromatic N) is 2. The fraction of sp³-hybridized carbons (Fsp3) is 0.300. The predicted molar refractivity (Wildman–Crippen MR) is 67.9 cm³/mol. The summed E-state index contributed by atoms with van der Waals surface area (Å²) < 4.78 is 0. The largest absolute Gasteiger partial charge is 0.497 e. The smallest absolute Gasteiger partial charge is 0.318 e. The maximum atomic E-state index is 11.3. The Kier molecular flexibility index (Phi) is 5.10. The molecular weight excluding hydrogens is 288 g/mol. The van der Waals surface area contributed by atoms with Crippen molar-refractivity contribution in [2.75, 3.05) is 7.05 Å². The quantitative estimate of drug-likeness (QED) is 0.319. The van der Waals surface area contributed by atoms with Crippen LogP contribution in [-0.4, -0.2) is 39.2 Å². The van der Waals surface area contributed by atoms with Gasteiger partial charge in [-0.25, -0.2) is 5.48 Å². The topological polar surface area (TPSA) is 168 Å². The molecule has 1 amide bonds. The Bertz CT molecular complexity index is 554. The fourth-order valence-electron chi connectivity index (χ4n) is 1.70. The van der Waals surface area contributed by atoms with Crippen molar-refractivity contribution in [3.63, 3.8) is 0 Å². The van der Waals surface area contributed by atoms with Crippen molar-refractivity contribution < 1.29 is 25.0 Å². The number of hydrogen-bond donors (Lipinski definition) is 4. The molecular formula is C10H12N4O7. The van der Waals surface area contributed by atoms with Gasteiger partial charge in [0.05, 0.1) is 15.9 Å². The molecule has 0 radical (unpaired) electrons. The molecule has 21 heavy (non-hydrogen) atoms. The standard InChI is InChI=1S/C10H12N4O7/c1-11-6(10(16)12-17)2-5-3-7(13(18)19)9(15)8(4-5)14(20)21/h3-4,6,11,15,17H,2H2,1H3,(H,12,16)/t6-/m0/s1. The molecule has 114 valence electrons. The van der Waals surface area contributed by atoms with Crippen molar-refractivity contribution >= 4 is 17.3 Å².